The van der Waals surface area contributed by atoms with Gasteiger partial charge < -0.3 is 10.2 Å². The fraction of sp³-hybridized carbons (Fsp3) is 0.923. The van der Waals surface area contributed by atoms with E-state index in [1.807, 2.05) is 4.90 Å². The first kappa shape index (κ1) is 14.3. The molecule has 1 saturated heterocycles. The van der Waals surface area contributed by atoms with Crippen LogP contribution in [0.5, 0.6) is 0 Å². The van der Waals surface area contributed by atoms with Crippen LogP contribution in [0.15, 0.2) is 0 Å². The summed E-state index contributed by atoms with van der Waals surface area (Å²) in [6, 6.07) is 0.0901. The molecule has 17 heavy (non-hydrogen) atoms. The van der Waals surface area contributed by atoms with E-state index < -0.39 is 0 Å². The molecular weight excluding hydrogens is 214 g/mol. The maximum atomic E-state index is 11.9. The van der Waals surface area contributed by atoms with E-state index in [4.69, 9.17) is 0 Å². The Morgan fingerprint density at radius 2 is 1.71 bits per heavy atom. The topological polar surface area (TPSA) is 35.6 Å². The van der Waals surface area contributed by atoms with Gasteiger partial charge in [-0.3, -0.25) is 4.90 Å². The van der Waals surface area contributed by atoms with E-state index in [2.05, 4.69) is 44.8 Å². The fourth-order valence-corrected chi connectivity index (χ4v) is 1.98. The van der Waals surface area contributed by atoms with E-state index in [-0.39, 0.29) is 11.6 Å². The number of urea groups is 1. The van der Waals surface area contributed by atoms with Gasteiger partial charge in [0.1, 0.15) is 0 Å². The molecule has 0 aromatic rings. The number of piperazine rings is 1. The maximum absolute atomic E-state index is 11.9. The minimum atomic E-state index is 0.0901. The number of nitrogens with one attached hydrogen (secondary N) is 1. The second-order valence-corrected chi connectivity index (χ2v) is 6.22. The number of carbonyl (C=O) groups excluding carboxylic acids is 1. The van der Waals surface area contributed by atoms with Gasteiger partial charge in [-0.25, -0.2) is 4.79 Å². The molecule has 100 valence electrons. The smallest absolute Gasteiger partial charge is 0.317 e. The van der Waals surface area contributed by atoms with Crippen molar-refractivity contribution >= 4 is 6.03 Å². The second kappa shape index (κ2) is 5.71. The highest BCUT2D eigenvalue weighted by atomic mass is 16.2. The molecule has 1 heterocycles. The first-order valence-corrected chi connectivity index (χ1v) is 6.58. The number of carbonyl (C=O) groups is 1. The summed E-state index contributed by atoms with van der Waals surface area (Å²) in [5, 5.41) is 2.97. The zero-order valence-corrected chi connectivity index (χ0v) is 11.9. The molecule has 1 aliphatic rings. The van der Waals surface area contributed by atoms with Crippen LogP contribution < -0.4 is 5.32 Å². The molecule has 1 fully saturated rings. The third-order valence-electron chi connectivity index (χ3n) is 3.18. The van der Waals surface area contributed by atoms with E-state index in [9.17, 15) is 4.79 Å². The number of rotatable bonds is 2. The van der Waals surface area contributed by atoms with Crippen molar-refractivity contribution in [1.29, 1.82) is 0 Å². The van der Waals surface area contributed by atoms with E-state index in [0.29, 0.717) is 5.92 Å². The number of hydrogen-bond acceptors (Lipinski definition) is 2. The molecule has 0 aromatic heterocycles. The summed E-state index contributed by atoms with van der Waals surface area (Å²) in [6.07, 6.45) is 0. The Hall–Kier alpha value is -0.770. The van der Waals surface area contributed by atoms with Crippen LogP contribution in [-0.4, -0.2) is 54.1 Å². The lowest BCUT2D eigenvalue weighted by Gasteiger charge is -2.42. The van der Waals surface area contributed by atoms with Crippen LogP contribution in [0, 0.1) is 5.92 Å². The maximum Gasteiger partial charge on any atom is 0.317 e. The van der Waals surface area contributed by atoms with E-state index in [0.717, 1.165) is 32.7 Å². The Labute approximate surface area is 105 Å². The lowest BCUT2D eigenvalue weighted by molar-refractivity contribution is 0.0742. The molecule has 0 atom stereocenters. The summed E-state index contributed by atoms with van der Waals surface area (Å²) in [7, 11) is 0. The fourth-order valence-electron chi connectivity index (χ4n) is 1.98. The van der Waals surface area contributed by atoms with Crippen molar-refractivity contribution in [1.82, 2.24) is 15.1 Å². The Balaban J connectivity index is 2.34. The van der Waals surface area contributed by atoms with Crippen LogP contribution >= 0.6 is 0 Å². The van der Waals surface area contributed by atoms with Gasteiger partial charge in [-0.2, -0.15) is 0 Å². The molecule has 1 N–H and O–H groups in total. The van der Waals surface area contributed by atoms with E-state index in [1.165, 1.54) is 0 Å². The Kier molecular flexibility index (Phi) is 4.80. The number of hydrogen-bond donors (Lipinski definition) is 1. The Morgan fingerprint density at radius 3 is 2.12 bits per heavy atom. The van der Waals surface area contributed by atoms with Gasteiger partial charge >= 0.3 is 6.03 Å². The van der Waals surface area contributed by atoms with Gasteiger partial charge in [0.15, 0.2) is 0 Å². The van der Waals surface area contributed by atoms with Gasteiger partial charge in [-0.15, -0.1) is 0 Å². The predicted octanol–water partition coefficient (Wildman–Crippen LogP) is 1.77. The van der Waals surface area contributed by atoms with Gasteiger partial charge in [-0.05, 0) is 26.7 Å². The van der Waals surface area contributed by atoms with Crippen molar-refractivity contribution in [2.75, 3.05) is 32.7 Å². The van der Waals surface area contributed by atoms with Crippen LogP contribution in [0.2, 0.25) is 0 Å². The van der Waals surface area contributed by atoms with Crippen molar-refractivity contribution in [3.05, 3.63) is 0 Å². The lowest BCUT2D eigenvalue weighted by Crippen LogP contribution is -2.56. The molecule has 1 aliphatic heterocycles. The zero-order valence-electron chi connectivity index (χ0n) is 11.9. The van der Waals surface area contributed by atoms with Crippen molar-refractivity contribution in [2.45, 2.75) is 40.2 Å². The normalized spacial score (nSPS) is 18.6. The zero-order chi connectivity index (χ0) is 13.1. The summed E-state index contributed by atoms with van der Waals surface area (Å²) in [6.45, 7) is 15.3. The van der Waals surface area contributed by atoms with Gasteiger partial charge in [0.05, 0.1) is 0 Å². The highest BCUT2D eigenvalue weighted by Gasteiger charge is 2.27. The summed E-state index contributed by atoms with van der Waals surface area (Å²) >= 11 is 0. The van der Waals surface area contributed by atoms with Crippen molar-refractivity contribution in [2.24, 2.45) is 5.92 Å². The number of amides is 2. The van der Waals surface area contributed by atoms with E-state index >= 15 is 0 Å². The van der Waals surface area contributed by atoms with Gasteiger partial charge in [0, 0.05) is 38.3 Å². The number of nitrogens with zero attached hydrogens (tertiary/aromatic N) is 2. The summed E-state index contributed by atoms with van der Waals surface area (Å²) in [5.74, 6) is 0.509. The molecule has 0 bridgehead atoms. The molecule has 4 nitrogen and oxygen atoms in total. The van der Waals surface area contributed by atoms with Crippen molar-refractivity contribution < 1.29 is 4.79 Å². The highest BCUT2D eigenvalue weighted by Crippen LogP contribution is 2.15. The van der Waals surface area contributed by atoms with Crippen molar-refractivity contribution in [3.8, 4) is 0 Å². The highest BCUT2D eigenvalue weighted by molar-refractivity contribution is 5.74. The minimum Gasteiger partial charge on any atom is -0.338 e. The predicted molar refractivity (Wildman–Crippen MR) is 71.1 cm³/mol. The average molecular weight is 241 g/mol. The van der Waals surface area contributed by atoms with Gasteiger partial charge in [-0.1, -0.05) is 13.8 Å². The van der Waals surface area contributed by atoms with Crippen LogP contribution in [0.4, 0.5) is 4.79 Å². The molecule has 4 heteroatoms. The monoisotopic (exact) mass is 241 g/mol. The van der Waals surface area contributed by atoms with Crippen LogP contribution in [0.3, 0.4) is 0 Å². The SMILES string of the molecule is CC(C)CNC(=O)N1CCN(C(C)(C)C)CC1. The molecule has 0 aliphatic carbocycles. The molecule has 1 rings (SSSR count). The third-order valence-corrected chi connectivity index (χ3v) is 3.18. The minimum absolute atomic E-state index is 0.0901. The van der Waals surface area contributed by atoms with Crippen LogP contribution in [0.1, 0.15) is 34.6 Å². The summed E-state index contributed by atoms with van der Waals surface area (Å²) < 4.78 is 0. The second-order valence-electron chi connectivity index (χ2n) is 6.22. The van der Waals surface area contributed by atoms with Gasteiger partial charge in [0.2, 0.25) is 0 Å². The molecule has 0 radical (unpaired) electrons. The molecule has 0 aromatic carbocycles. The molecule has 2 amide bonds. The standard InChI is InChI=1S/C13H27N3O/c1-11(2)10-14-12(17)15-6-8-16(9-7-15)13(3,4)5/h11H,6-10H2,1-5H3,(H,14,17). The lowest BCUT2D eigenvalue weighted by atomic mass is 10.1. The van der Waals surface area contributed by atoms with Crippen LogP contribution in [0.25, 0.3) is 0 Å². The molecular formula is C13H27N3O. The van der Waals surface area contributed by atoms with Crippen molar-refractivity contribution in [3.63, 3.8) is 0 Å². The van der Waals surface area contributed by atoms with E-state index in [1.54, 1.807) is 0 Å². The first-order chi connectivity index (χ1) is 7.80. The Morgan fingerprint density at radius 1 is 1.18 bits per heavy atom. The molecule has 0 spiro atoms. The van der Waals surface area contributed by atoms with Gasteiger partial charge in [0.25, 0.3) is 0 Å². The quantitative estimate of drug-likeness (QED) is 0.800. The molecule has 0 unspecified atom stereocenters. The van der Waals surface area contributed by atoms with Crippen LogP contribution in [-0.2, 0) is 0 Å². The summed E-state index contributed by atoms with van der Waals surface area (Å²) in [4.78, 5) is 16.2. The summed E-state index contributed by atoms with van der Waals surface area (Å²) in [5.41, 5.74) is 0.209. The average Bonchev–Trinajstić information content (AvgIpc) is 2.25. The largest absolute Gasteiger partial charge is 0.338 e. The Bertz CT molecular complexity index is 250. The molecule has 0 saturated carbocycles. The third kappa shape index (κ3) is 4.54. The first-order valence-electron chi connectivity index (χ1n) is 6.58.